The van der Waals surface area contributed by atoms with Crippen molar-refractivity contribution >= 4 is 17.5 Å². The molecule has 0 spiro atoms. The van der Waals surface area contributed by atoms with E-state index in [4.69, 9.17) is 0 Å². The molecule has 22 heavy (non-hydrogen) atoms. The molecule has 2 amide bonds. The molecule has 0 heterocycles. The van der Waals surface area contributed by atoms with Gasteiger partial charge in [0.25, 0.3) is 0 Å². The number of hydrogen-bond acceptors (Lipinski definition) is 2. The molecule has 0 bridgehead atoms. The number of benzene rings is 1. The molecule has 1 saturated carbocycles. The molecule has 4 heteroatoms. The van der Waals surface area contributed by atoms with Gasteiger partial charge in [-0.3, -0.25) is 9.59 Å². The van der Waals surface area contributed by atoms with E-state index in [0.29, 0.717) is 5.69 Å². The van der Waals surface area contributed by atoms with Crippen molar-refractivity contribution in [3.63, 3.8) is 0 Å². The Kier molecular flexibility index (Phi) is 5.58. The lowest BCUT2D eigenvalue weighted by atomic mass is 9.84. The lowest BCUT2D eigenvalue weighted by Crippen LogP contribution is -2.43. The van der Waals surface area contributed by atoms with Crippen molar-refractivity contribution < 1.29 is 9.59 Å². The predicted molar refractivity (Wildman–Crippen MR) is 88.7 cm³/mol. The van der Waals surface area contributed by atoms with Crippen molar-refractivity contribution in [2.45, 2.75) is 58.9 Å². The Hall–Kier alpha value is -1.84. The second-order valence-corrected chi connectivity index (χ2v) is 6.37. The van der Waals surface area contributed by atoms with Crippen LogP contribution in [0.25, 0.3) is 0 Å². The average molecular weight is 302 g/mol. The maximum absolute atomic E-state index is 12.0. The molecule has 0 aliphatic heterocycles. The van der Waals surface area contributed by atoms with E-state index in [-0.39, 0.29) is 6.04 Å². The van der Waals surface area contributed by atoms with Crippen LogP contribution in [0.5, 0.6) is 0 Å². The van der Waals surface area contributed by atoms with Crippen LogP contribution in [0, 0.1) is 19.8 Å². The summed E-state index contributed by atoms with van der Waals surface area (Å²) in [7, 11) is 0. The van der Waals surface area contributed by atoms with Gasteiger partial charge in [0, 0.05) is 11.7 Å². The van der Waals surface area contributed by atoms with Crippen LogP contribution in [0.3, 0.4) is 0 Å². The van der Waals surface area contributed by atoms with Crippen molar-refractivity contribution in [1.82, 2.24) is 5.32 Å². The number of aryl methyl sites for hydroxylation is 2. The van der Waals surface area contributed by atoms with Crippen LogP contribution in [-0.4, -0.2) is 17.9 Å². The van der Waals surface area contributed by atoms with Gasteiger partial charge in [0.15, 0.2) is 0 Å². The monoisotopic (exact) mass is 302 g/mol. The fourth-order valence-corrected chi connectivity index (χ4v) is 3.10. The van der Waals surface area contributed by atoms with Gasteiger partial charge in [0.2, 0.25) is 0 Å². The first-order valence-electron chi connectivity index (χ1n) is 8.18. The Bertz CT molecular complexity index is 546. The fourth-order valence-electron chi connectivity index (χ4n) is 3.10. The number of hydrogen-bond donors (Lipinski definition) is 2. The number of nitrogens with one attached hydrogen (secondary N) is 2. The van der Waals surface area contributed by atoms with Crippen LogP contribution in [0.4, 0.5) is 5.69 Å². The third kappa shape index (κ3) is 4.33. The summed E-state index contributed by atoms with van der Waals surface area (Å²) in [5, 5.41) is 5.56. The van der Waals surface area contributed by atoms with Gasteiger partial charge in [-0.1, -0.05) is 31.0 Å². The molecule has 2 rings (SSSR count). The number of carbonyl (C=O) groups excluding carboxylic acids is 2. The smallest absolute Gasteiger partial charge is 0.313 e. The van der Waals surface area contributed by atoms with E-state index in [1.165, 1.54) is 6.42 Å². The lowest BCUT2D eigenvalue weighted by molar-refractivity contribution is -0.136. The zero-order valence-corrected chi connectivity index (χ0v) is 13.7. The molecule has 0 unspecified atom stereocenters. The molecule has 0 saturated heterocycles. The molecule has 1 aliphatic carbocycles. The predicted octanol–water partition coefficient (Wildman–Crippen LogP) is 3.33. The van der Waals surface area contributed by atoms with Gasteiger partial charge in [0.05, 0.1) is 0 Å². The highest BCUT2D eigenvalue weighted by Gasteiger charge is 2.24. The molecule has 0 radical (unpaired) electrons. The van der Waals surface area contributed by atoms with E-state index in [9.17, 15) is 9.59 Å². The fraction of sp³-hybridized carbons (Fsp3) is 0.556. The first kappa shape index (κ1) is 16.5. The van der Waals surface area contributed by atoms with Gasteiger partial charge in [-0.15, -0.1) is 0 Å². The number of carbonyl (C=O) groups is 2. The third-order valence-electron chi connectivity index (χ3n) is 4.60. The SMILES string of the molecule is CCC1CCC(NC(=O)C(=O)Nc2ccc(C)cc2C)CC1. The van der Waals surface area contributed by atoms with E-state index >= 15 is 0 Å². The summed E-state index contributed by atoms with van der Waals surface area (Å²) in [4.78, 5) is 24.0. The summed E-state index contributed by atoms with van der Waals surface area (Å²) >= 11 is 0. The highest BCUT2D eigenvalue weighted by atomic mass is 16.2. The Morgan fingerprint density at radius 2 is 1.77 bits per heavy atom. The zero-order valence-electron chi connectivity index (χ0n) is 13.7. The minimum absolute atomic E-state index is 0.139. The van der Waals surface area contributed by atoms with Gasteiger partial charge in [-0.05, 0) is 57.1 Å². The van der Waals surface area contributed by atoms with Gasteiger partial charge >= 0.3 is 11.8 Å². The highest BCUT2D eigenvalue weighted by molar-refractivity contribution is 6.39. The Morgan fingerprint density at radius 1 is 1.09 bits per heavy atom. The van der Waals surface area contributed by atoms with Gasteiger partial charge in [-0.2, -0.15) is 0 Å². The maximum atomic E-state index is 12.0. The van der Waals surface area contributed by atoms with E-state index in [0.717, 1.165) is 42.7 Å². The summed E-state index contributed by atoms with van der Waals surface area (Å²) in [6, 6.07) is 5.88. The normalized spacial score (nSPS) is 21.2. The van der Waals surface area contributed by atoms with Crippen LogP contribution in [0.1, 0.15) is 50.2 Å². The zero-order chi connectivity index (χ0) is 16.1. The number of rotatable bonds is 3. The van der Waals surface area contributed by atoms with Gasteiger partial charge in [-0.25, -0.2) is 0 Å². The second kappa shape index (κ2) is 7.43. The van der Waals surface area contributed by atoms with Crippen molar-refractivity contribution in [3.8, 4) is 0 Å². The standard InChI is InChI=1S/C18H26N2O2/c1-4-14-6-8-15(9-7-14)19-17(21)18(22)20-16-10-5-12(2)11-13(16)3/h5,10-11,14-15H,4,6-9H2,1-3H3,(H,19,21)(H,20,22). The summed E-state index contributed by atoms with van der Waals surface area (Å²) < 4.78 is 0. The van der Waals surface area contributed by atoms with E-state index in [1.54, 1.807) is 0 Å². The Balaban J connectivity index is 1.86. The van der Waals surface area contributed by atoms with Gasteiger partial charge in [0.1, 0.15) is 0 Å². The van der Waals surface area contributed by atoms with E-state index in [1.807, 2.05) is 32.0 Å². The summed E-state index contributed by atoms with van der Waals surface area (Å²) in [6.45, 7) is 6.13. The maximum Gasteiger partial charge on any atom is 0.313 e. The number of amides is 2. The third-order valence-corrected chi connectivity index (χ3v) is 4.60. The quantitative estimate of drug-likeness (QED) is 0.841. The molecular formula is C18H26N2O2. The largest absolute Gasteiger partial charge is 0.345 e. The first-order valence-corrected chi connectivity index (χ1v) is 8.18. The summed E-state index contributed by atoms with van der Waals surface area (Å²) in [5.41, 5.74) is 2.79. The molecule has 120 valence electrons. The minimum Gasteiger partial charge on any atom is -0.345 e. The molecule has 1 aliphatic rings. The summed E-state index contributed by atoms with van der Waals surface area (Å²) in [5.74, 6) is -0.332. The van der Waals surface area contributed by atoms with Crippen molar-refractivity contribution in [2.24, 2.45) is 5.92 Å². The van der Waals surface area contributed by atoms with Crippen LogP contribution < -0.4 is 10.6 Å². The van der Waals surface area contributed by atoms with Crippen LogP contribution in [-0.2, 0) is 9.59 Å². The molecule has 1 aromatic carbocycles. The molecule has 0 aromatic heterocycles. The molecular weight excluding hydrogens is 276 g/mol. The van der Waals surface area contributed by atoms with Crippen molar-refractivity contribution in [1.29, 1.82) is 0 Å². The molecule has 1 aromatic rings. The topological polar surface area (TPSA) is 58.2 Å². The van der Waals surface area contributed by atoms with Crippen LogP contribution in [0.2, 0.25) is 0 Å². The Labute approximate surface area is 132 Å². The molecule has 1 fully saturated rings. The second-order valence-electron chi connectivity index (χ2n) is 6.37. The van der Waals surface area contributed by atoms with Gasteiger partial charge < -0.3 is 10.6 Å². The van der Waals surface area contributed by atoms with Crippen LogP contribution >= 0.6 is 0 Å². The van der Waals surface area contributed by atoms with Crippen molar-refractivity contribution in [3.05, 3.63) is 29.3 Å². The van der Waals surface area contributed by atoms with Crippen molar-refractivity contribution in [2.75, 3.05) is 5.32 Å². The first-order chi connectivity index (χ1) is 10.5. The molecule has 2 N–H and O–H groups in total. The van der Waals surface area contributed by atoms with E-state index < -0.39 is 11.8 Å². The number of anilines is 1. The highest BCUT2D eigenvalue weighted by Crippen LogP contribution is 2.26. The minimum atomic E-state index is -0.579. The molecule has 4 nitrogen and oxygen atoms in total. The molecule has 0 atom stereocenters. The summed E-state index contributed by atoms with van der Waals surface area (Å²) in [6.07, 6.45) is 5.43. The Morgan fingerprint density at radius 3 is 2.36 bits per heavy atom. The average Bonchev–Trinajstić information content (AvgIpc) is 2.50. The lowest BCUT2D eigenvalue weighted by Gasteiger charge is -2.28. The van der Waals surface area contributed by atoms with Crippen LogP contribution in [0.15, 0.2) is 18.2 Å². The van der Waals surface area contributed by atoms with E-state index in [2.05, 4.69) is 17.6 Å².